The van der Waals surface area contributed by atoms with Gasteiger partial charge in [0.25, 0.3) is 5.91 Å². The molecule has 4 aromatic rings. The normalized spacial score (nSPS) is 11.9. The number of ether oxygens (including phenoxy) is 1. The summed E-state index contributed by atoms with van der Waals surface area (Å²) in [7, 11) is 0. The molecule has 0 radical (unpaired) electrons. The molecular formula is C25H23ClN2O2. The molecule has 0 aliphatic carbocycles. The maximum absolute atomic E-state index is 12.5. The van der Waals surface area contributed by atoms with Crippen molar-refractivity contribution in [3.05, 3.63) is 101 Å². The minimum absolute atomic E-state index is 0.0316. The van der Waals surface area contributed by atoms with Gasteiger partial charge in [-0.3, -0.25) is 4.79 Å². The summed E-state index contributed by atoms with van der Waals surface area (Å²) in [6.45, 7) is 2.34. The van der Waals surface area contributed by atoms with Gasteiger partial charge in [-0.1, -0.05) is 60.1 Å². The van der Waals surface area contributed by atoms with Crippen LogP contribution in [0.1, 0.15) is 22.6 Å². The number of halogens is 1. The summed E-state index contributed by atoms with van der Waals surface area (Å²) in [6.07, 6.45) is 2.03. The first kappa shape index (κ1) is 20.0. The van der Waals surface area contributed by atoms with Crippen molar-refractivity contribution in [2.45, 2.75) is 12.8 Å². The fraction of sp³-hybridized carbons (Fsp3) is 0.160. The molecule has 0 aliphatic heterocycles. The molecule has 0 fully saturated rings. The van der Waals surface area contributed by atoms with E-state index in [0.29, 0.717) is 17.3 Å². The van der Waals surface area contributed by atoms with E-state index in [4.69, 9.17) is 16.3 Å². The van der Waals surface area contributed by atoms with Crippen LogP contribution in [0.15, 0.2) is 79.0 Å². The zero-order valence-corrected chi connectivity index (χ0v) is 17.4. The van der Waals surface area contributed by atoms with E-state index in [1.807, 2.05) is 49.5 Å². The second-order valence-corrected chi connectivity index (χ2v) is 7.66. The van der Waals surface area contributed by atoms with Gasteiger partial charge in [0.15, 0.2) is 6.61 Å². The van der Waals surface area contributed by atoms with E-state index in [1.54, 1.807) is 12.1 Å². The minimum Gasteiger partial charge on any atom is -0.484 e. The molecule has 4 nitrogen and oxygen atoms in total. The summed E-state index contributed by atoms with van der Waals surface area (Å²) in [5.74, 6) is 0.496. The summed E-state index contributed by atoms with van der Waals surface area (Å²) in [5, 5.41) is 4.86. The molecule has 0 bridgehead atoms. The van der Waals surface area contributed by atoms with Crippen LogP contribution in [0, 0.1) is 6.92 Å². The number of aryl methyl sites for hydroxylation is 1. The second-order valence-electron chi connectivity index (χ2n) is 7.26. The number of carbonyl (C=O) groups is 1. The highest BCUT2D eigenvalue weighted by atomic mass is 35.5. The van der Waals surface area contributed by atoms with Crippen LogP contribution in [0.2, 0.25) is 5.02 Å². The van der Waals surface area contributed by atoms with Crippen molar-refractivity contribution in [2.24, 2.45) is 0 Å². The van der Waals surface area contributed by atoms with Crippen LogP contribution in [0.25, 0.3) is 10.9 Å². The van der Waals surface area contributed by atoms with E-state index in [1.165, 1.54) is 0 Å². The third kappa shape index (κ3) is 4.50. The lowest BCUT2D eigenvalue weighted by atomic mass is 9.91. The van der Waals surface area contributed by atoms with Gasteiger partial charge in [0, 0.05) is 34.6 Å². The number of nitrogens with one attached hydrogen (secondary N) is 2. The Kier molecular flexibility index (Phi) is 6.05. The van der Waals surface area contributed by atoms with Crippen LogP contribution in [-0.2, 0) is 4.79 Å². The Balaban J connectivity index is 1.47. The maximum atomic E-state index is 12.5. The van der Waals surface area contributed by atoms with Gasteiger partial charge in [-0.25, -0.2) is 0 Å². The fourth-order valence-electron chi connectivity index (χ4n) is 3.60. The molecule has 5 heteroatoms. The van der Waals surface area contributed by atoms with Gasteiger partial charge in [-0.2, -0.15) is 0 Å². The number of carbonyl (C=O) groups excluding carboxylic acids is 1. The first-order chi connectivity index (χ1) is 14.6. The first-order valence-corrected chi connectivity index (χ1v) is 10.3. The average molecular weight is 419 g/mol. The Morgan fingerprint density at radius 2 is 1.83 bits per heavy atom. The van der Waals surface area contributed by atoms with E-state index in [9.17, 15) is 4.79 Å². The second kappa shape index (κ2) is 9.06. The zero-order chi connectivity index (χ0) is 20.9. The molecule has 3 aromatic carbocycles. The fourth-order valence-corrected chi connectivity index (χ4v) is 3.72. The number of para-hydroxylation sites is 1. The van der Waals surface area contributed by atoms with Crippen molar-refractivity contribution >= 4 is 28.4 Å². The number of H-pyrrole nitrogens is 1. The largest absolute Gasteiger partial charge is 0.484 e. The van der Waals surface area contributed by atoms with Crippen molar-refractivity contribution < 1.29 is 9.53 Å². The van der Waals surface area contributed by atoms with Gasteiger partial charge in [0.2, 0.25) is 0 Å². The standard InChI is InChI=1S/C25H23ClN2O2/c1-17-13-19(11-12-23(17)26)30-16-25(29)28-14-21(18-7-3-2-4-8-18)22-15-27-24-10-6-5-9-20(22)24/h2-13,15,21,27H,14,16H2,1H3,(H,28,29)/t21-/m0/s1. The summed E-state index contributed by atoms with van der Waals surface area (Å²) >= 11 is 6.04. The van der Waals surface area contributed by atoms with Crippen LogP contribution in [0.5, 0.6) is 5.75 Å². The van der Waals surface area contributed by atoms with Crippen molar-refractivity contribution in [2.75, 3.05) is 13.2 Å². The molecule has 2 N–H and O–H groups in total. The average Bonchev–Trinajstić information content (AvgIpc) is 3.19. The number of aromatic amines is 1. The molecule has 0 saturated carbocycles. The van der Waals surface area contributed by atoms with Gasteiger partial charge in [-0.15, -0.1) is 0 Å². The number of hydrogen-bond acceptors (Lipinski definition) is 2. The number of aromatic nitrogens is 1. The van der Waals surface area contributed by atoms with Crippen LogP contribution in [0.3, 0.4) is 0 Å². The lowest BCUT2D eigenvalue weighted by Crippen LogP contribution is -2.32. The van der Waals surface area contributed by atoms with Crippen molar-refractivity contribution in [3.8, 4) is 5.75 Å². The number of fused-ring (bicyclic) bond motifs is 1. The molecular weight excluding hydrogens is 396 g/mol. The molecule has 30 heavy (non-hydrogen) atoms. The quantitative estimate of drug-likeness (QED) is 0.419. The lowest BCUT2D eigenvalue weighted by molar-refractivity contribution is -0.123. The molecule has 0 saturated heterocycles. The summed E-state index contributed by atoms with van der Waals surface area (Å²) in [6, 6.07) is 23.8. The van der Waals surface area contributed by atoms with E-state index in [2.05, 4.69) is 34.6 Å². The Bertz CT molecular complexity index is 1150. The predicted octanol–water partition coefficient (Wildman–Crippen LogP) is 5.46. The molecule has 0 aliphatic rings. The monoisotopic (exact) mass is 418 g/mol. The Labute approximate surface area is 180 Å². The van der Waals surface area contributed by atoms with Crippen LogP contribution >= 0.6 is 11.6 Å². The zero-order valence-electron chi connectivity index (χ0n) is 16.7. The summed E-state index contributed by atoms with van der Waals surface area (Å²) < 4.78 is 5.63. The van der Waals surface area contributed by atoms with Crippen molar-refractivity contribution in [1.29, 1.82) is 0 Å². The Morgan fingerprint density at radius 1 is 1.07 bits per heavy atom. The SMILES string of the molecule is Cc1cc(OCC(=O)NC[C@@H](c2ccccc2)c2c[nH]c3ccccc23)ccc1Cl. The maximum Gasteiger partial charge on any atom is 0.257 e. The molecule has 1 atom stereocenters. The predicted molar refractivity (Wildman–Crippen MR) is 121 cm³/mol. The van der Waals surface area contributed by atoms with Gasteiger partial charge >= 0.3 is 0 Å². The molecule has 1 aromatic heterocycles. The number of amides is 1. The highest BCUT2D eigenvalue weighted by Crippen LogP contribution is 2.30. The van der Waals surface area contributed by atoms with Crippen LogP contribution in [-0.4, -0.2) is 24.0 Å². The van der Waals surface area contributed by atoms with Crippen molar-refractivity contribution in [1.82, 2.24) is 10.3 Å². The topological polar surface area (TPSA) is 54.1 Å². The highest BCUT2D eigenvalue weighted by Gasteiger charge is 2.19. The summed E-state index contributed by atoms with van der Waals surface area (Å²) in [4.78, 5) is 15.8. The summed E-state index contributed by atoms with van der Waals surface area (Å²) in [5.41, 5.74) is 4.31. The number of benzene rings is 3. The molecule has 4 rings (SSSR count). The molecule has 152 valence electrons. The lowest BCUT2D eigenvalue weighted by Gasteiger charge is -2.18. The molecule has 1 amide bonds. The van der Waals surface area contributed by atoms with E-state index in [0.717, 1.165) is 27.6 Å². The van der Waals surface area contributed by atoms with Gasteiger partial charge < -0.3 is 15.0 Å². The first-order valence-electron chi connectivity index (χ1n) is 9.88. The van der Waals surface area contributed by atoms with Gasteiger partial charge in [0.05, 0.1) is 0 Å². The molecule has 0 spiro atoms. The minimum atomic E-state index is -0.164. The number of rotatable bonds is 7. The third-order valence-corrected chi connectivity index (χ3v) is 5.63. The van der Waals surface area contributed by atoms with E-state index < -0.39 is 0 Å². The third-order valence-electron chi connectivity index (χ3n) is 5.20. The van der Waals surface area contributed by atoms with E-state index in [-0.39, 0.29) is 18.4 Å². The number of hydrogen-bond donors (Lipinski definition) is 2. The Morgan fingerprint density at radius 3 is 2.63 bits per heavy atom. The van der Waals surface area contributed by atoms with Gasteiger partial charge in [0.1, 0.15) is 5.75 Å². The van der Waals surface area contributed by atoms with Crippen LogP contribution < -0.4 is 10.1 Å². The highest BCUT2D eigenvalue weighted by molar-refractivity contribution is 6.31. The molecule has 0 unspecified atom stereocenters. The van der Waals surface area contributed by atoms with Gasteiger partial charge in [-0.05, 0) is 47.9 Å². The molecule has 1 heterocycles. The van der Waals surface area contributed by atoms with Crippen LogP contribution in [0.4, 0.5) is 0 Å². The van der Waals surface area contributed by atoms with E-state index >= 15 is 0 Å². The van der Waals surface area contributed by atoms with Crippen molar-refractivity contribution in [3.63, 3.8) is 0 Å². The Hall–Kier alpha value is -3.24. The smallest absolute Gasteiger partial charge is 0.257 e.